The van der Waals surface area contributed by atoms with Gasteiger partial charge in [0.05, 0.1) is 15.9 Å². The number of benzene rings is 1. The second-order valence-corrected chi connectivity index (χ2v) is 8.19. The standard InChI is InChI=1S/C19H30N2O3S.Na.H/c1-2-3-4-5-6-7-8-9-10-11-12-19-20-17-14-13-16(25(22,23)24)15-18(17)21-19;;/h13-15H,2-12H2,1H3,(H,20,21)(H,22,23,24);;/q;+1;-1. The number of hydrogen-bond donors (Lipinski definition) is 2. The van der Waals surface area contributed by atoms with Crippen LogP contribution in [0.25, 0.3) is 11.0 Å². The number of nitrogens with one attached hydrogen (secondary N) is 1. The second-order valence-electron chi connectivity index (χ2n) is 6.77. The van der Waals surface area contributed by atoms with Gasteiger partial charge >= 0.3 is 29.6 Å². The molecule has 5 nitrogen and oxygen atoms in total. The number of H-pyrrole nitrogens is 1. The Kier molecular flexibility index (Phi) is 11.0. The third kappa shape index (κ3) is 8.09. The van der Waals surface area contributed by atoms with Gasteiger partial charge in [0.1, 0.15) is 5.82 Å². The number of aromatic nitrogens is 2. The molecule has 0 aliphatic carbocycles. The maximum absolute atomic E-state index is 11.2. The molecule has 1 heterocycles. The fourth-order valence-electron chi connectivity index (χ4n) is 3.10. The van der Waals surface area contributed by atoms with Crippen LogP contribution < -0.4 is 29.6 Å². The Morgan fingerprint density at radius 1 is 1.00 bits per heavy atom. The van der Waals surface area contributed by atoms with Crippen LogP contribution in [0, 0.1) is 0 Å². The van der Waals surface area contributed by atoms with Crippen LogP contribution in [0.1, 0.15) is 78.4 Å². The zero-order valence-electron chi connectivity index (χ0n) is 17.1. The maximum Gasteiger partial charge on any atom is 1.00 e. The first-order chi connectivity index (χ1) is 12.0. The number of hydrogen-bond acceptors (Lipinski definition) is 3. The van der Waals surface area contributed by atoms with E-state index in [-0.39, 0.29) is 35.9 Å². The molecule has 0 aliphatic heterocycles. The van der Waals surface area contributed by atoms with Gasteiger partial charge in [-0.25, -0.2) is 4.98 Å². The van der Waals surface area contributed by atoms with E-state index in [0.717, 1.165) is 24.2 Å². The Morgan fingerprint density at radius 3 is 2.15 bits per heavy atom. The molecule has 1 aromatic carbocycles. The van der Waals surface area contributed by atoms with Crippen molar-refractivity contribution >= 4 is 21.2 Å². The molecular weight excluding hydrogens is 359 g/mol. The molecule has 2 aromatic rings. The first kappa shape index (κ1) is 23.6. The van der Waals surface area contributed by atoms with Crippen molar-refractivity contribution in [2.24, 2.45) is 0 Å². The summed E-state index contributed by atoms with van der Waals surface area (Å²) in [4.78, 5) is 7.53. The summed E-state index contributed by atoms with van der Waals surface area (Å²) < 4.78 is 31.4. The maximum atomic E-state index is 11.2. The number of rotatable bonds is 12. The van der Waals surface area contributed by atoms with E-state index in [9.17, 15) is 8.42 Å². The molecule has 0 fully saturated rings. The number of imidazole rings is 1. The molecule has 0 atom stereocenters. The molecule has 2 rings (SSSR count). The topological polar surface area (TPSA) is 83.1 Å². The van der Waals surface area contributed by atoms with E-state index in [1.165, 1.54) is 69.9 Å². The molecule has 0 unspecified atom stereocenters. The van der Waals surface area contributed by atoms with Gasteiger partial charge in [-0.3, -0.25) is 4.55 Å². The van der Waals surface area contributed by atoms with Crippen molar-refractivity contribution in [1.29, 1.82) is 0 Å². The third-order valence-electron chi connectivity index (χ3n) is 4.57. The van der Waals surface area contributed by atoms with E-state index in [0.29, 0.717) is 5.52 Å². The summed E-state index contributed by atoms with van der Waals surface area (Å²) in [6.07, 6.45) is 13.8. The zero-order valence-corrected chi connectivity index (χ0v) is 18.9. The normalized spacial score (nSPS) is 11.6. The summed E-state index contributed by atoms with van der Waals surface area (Å²) in [7, 11) is -4.17. The summed E-state index contributed by atoms with van der Waals surface area (Å²) in [5.41, 5.74) is 1.38. The van der Waals surface area contributed by atoms with Gasteiger partial charge in [0.2, 0.25) is 0 Å². The van der Waals surface area contributed by atoms with Crippen LogP contribution in [0.2, 0.25) is 0 Å². The van der Waals surface area contributed by atoms with Crippen molar-refractivity contribution in [1.82, 2.24) is 9.97 Å². The minimum absolute atomic E-state index is 0. The van der Waals surface area contributed by atoms with Crippen molar-refractivity contribution in [3.05, 3.63) is 24.0 Å². The molecule has 0 bridgehead atoms. The fourth-order valence-corrected chi connectivity index (χ4v) is 3.61. The van der Waals surface area contributed by atoms with Crippen LogP contribution >= 0.6 is 0 Å². The first-order valence-corrected chi connectivity index (χ1v) is 10.9. The summed E-state index contributed by atoms with van der Waals surface area (Å²) in [5.74, 6) is 0.877. The van der Waals surface area contributed by atoms with Crippen LogP contribution in [-0.2, 0) is 16.5 Å². The molecule has 0 saturated carbocycles. The predicted octanol–water partition coefficient (Wildman–Crippen LogP) is 2.39. The van der Waals surface area contributed by atoms with Crippen LogP contribution in [0.4, 0.5) is 0 Å². The summed E-state index contributed by atoms with van der Waals surface area (Å²) in [6, 6.07) is 4.43. The third-order valence-corrected chi connectivity index (χ3v) is 5.42. The Bertz CT molecular complexity index is 765. The number of aryl methyl sites for hydroxylation is 1. The van der Waals surface area contributed by atoms with Crippen molar-refractivity contribution in [2.75, 3.05) is 0 Å². The summed E-state index contributed by atoms with van der Waals surface area (Å²) >= 11 is 0. The largest absolute Gasteiger partial charge is 1.00 e. The van der Waals surface area contributed by atoms with Crippen LogP contribution in [0.3, 0.4) is 0 Å². The quantitative estimate of drug-likeness (QED) is 0.331. The molecule has 0 amide bonds. The van der Waals surface area contributed by atoms with Gasteiger partial charge in [0.15, 0.2) is 0 Å². The minimum Gasteiger partial charge on any atom is -1.00 e. The molecule has 26 heavy (non-hydrogen) atoms. The van der Waals surface area contributed by atoms with Gasteiger partial charge in [0, 0.05) is 6.42 Å². The Hall–Kier alpha value is -0.400. The van der Waals surface area contributed by atoms with Crippen molar-refractivity contribution < 1.29 is 44.0 Å². The summed E-state index contributed by atoms with van der Waals surface area (Å²) in [6.45, 7) is 2.25. The number of fused-ring (bicyclic) bond motifs is 1. The number of nitrogens with zero attached hydrogens (tertiary/aromatic N) is 1. The van der Waals surface area contributed by atoms with Crippen LogP contribution in [0.15, 0.2) is 23.1 Å². The Balaban J connectivity index is 0.00000338. The molecule has 142 valence electrons. The van der Waals surface area contributed by atoms with Gasteiger partial charge in [-0.1, -0.05) is 64.7 Å². The molecule has 0 aliphatic rings. The van der Waals surface area contributed by atoms with Crippen molar-refractivity contribution in [2.45, 2.75) is 82.4 Å². The average molecular weight is 391 g/mol. The smallest absolute Gasteiger partial charge is 1.00 e. The van der Waals surface area contributed by atoms with E-state index in [4.69, 9.17) is 4.55 Å². The molecule has 1 aromatic heterocycles. The van der Waals surface area contributed by atoms with Crippen molar-refractivity contribution in [3.63, 3.8) is 0 Å². The fraction of sp³-hybridized carbons (Fsp3) is 0.632. The van der Waals surface area contributed by atoms with E-state index in [1.807, 2.05) is 0 Å². The van der Waals surface area contributed by atoms with Crippen LogP contribution in [0.5, 0.6) is 0 Å². The first-order valence-electron chi connectivity index (χ1n) is 9.47. The molecule has 0 radical (unpaired) electrons. The van der Waals surface area contributed by atoms with Gasteiger partial charge in [0.25, 0.3) is 10.1 Å². The molecular formula is C19H31N2NaO3S. The number of aromatic amines is 1. The molecule has 7 heteroatoms. The molecule has 2 N–H and O–H groups in total. The van der Waals surface area contributed by atoms with E-state index >= 15 is 0 Å². The van der Waals surface area contributed by atoms with Crippen LogP contribution in [-0.4, -0.2) is 22.9 Å². The SMILES string of the molecule is CCCCCCCCCCCCc1nc2ccc(S(=O)(=O)O)cc2[nH]1.[H-].[Na+]. The van der Waals surface area contributed by atoms with Gasteiger partial charge in [-0.05, 0) is 24.6 Å². The average Bonchev–Trinajstić information content (AvgIpc) is 2.97. The zero-order chi connectivity index (χ0) is 18.1. The van der Waals surface area contributed by atoms with E-state index in [1.54, 1.807) is 6.07 Å². The molecule has 0 spiro atoms. The predicted molar refractivity (Wildman–Crippen MR) is 103 cm³/mol. The minimum atomic E-state index is -4.17. The van der Waals surface area contributed by atoms with E-state index < -0.39 is 10.1 Å². The Morgan fingerprint density at radius 2 is 1.58 bits per heavy atom. The van der Waals surface area contributed by atoms with Gasteiger partial charge in [-0.15, -0.1) is 0 Å². The number of unbranched alkanes of at least 4 members (excludes halogenated alkanes) is 9. The van der Waals surface area contributed by atoms with E-state index in [2.05, 4.69) is 16.9 Å². The van der Waals surface area contributed by atoms with Crippen molar-refractivity contribution in [3.8, 4) is 0 Å². The second kappa shape index (κ2) is 12.1. The Labute approximate surface area is 180 Å². The van der Waals surface area contributed by atoms with Gasteiger partial charge < -0.3 is 6.41 Å². The summed E-state index contributed by atoms with van der Waals surface area (Å²) in [5, 5.41) is 0. The van der Waals surface area contributed by atoms with Gasteiger partial charge in [-0.2, -0.15) is 8.42 Å². The monoisotopic (exact) mass is 390 g/mol. The molecule has 0 saturated heterocycles.